The van der Waals surface area contributed by atoms with Gasteiger partial charge in [0.15, 0.2) is 0 Å². The molecular weight excluding hydrogens is 743 g/mol. The zero-order valence-electron chi connectivity index (χ0n) is 30.0. The van der Waals surface area contributed by atoms with Gasteiger partial charge < -0.3 is 0 Å². The average molecular weight is 784 g/mol. The molecule has 0 aliphatic heterocycles. The van der Waals surface area contributed by atoms with Crippen molar-refractivity contribution in [3.05, 3.63) is 151 Å². The number of pyridine rings is 1. The molecule has 53 heavy (non-hydrogen) atoms. The third-order valence-corrected chi connectivity index (χ3v) is 11.7. The van der Waals surface area contributed by atoms with E-state index in [1.54, 1.807) is 0 Å². The second kappa shape index (κ2) is 13.9. The minimum absolute atomic E-state index is 0.0552. The molecule has 1 aliphatic carbocycles. The van der Waals surface area contributed by atoms with E-state index in [1.807, 2.05) is 59.5 Å². The van der Waals surface area contributed by atoms with E-state index in [0.717, 1.165) is 49.0 Å². The Hall–Kier alpha value is -5.28. The Bertz CT molecular complexity index is 2590. The average Bonchev–Trinajstić information content (AvgIpc) is 3.91. The maximum atomic E-state index is 6.61. The molecule has 0 fully saturated rings. The summed E-state index contributed by atoms with van der Waals surface area (Å²) in [7, 11) is 0. The number of benzene rings is 5. The SMILES string of the molecule is CCCCC1(CCCC)c2ccccc2-c2ccc(-c3cnn(-c4cccc(Oc5ccc6c7ccccc7n(-c7ccccn7)c6[c]5[Pd])c4)c3)cc21. The van der Waals surface area contributed by atoms with E-state index in [-0.39, 0.29) is 5.41 Å². The predicted molar refractivity (Wildman–Crippen MR) is 213 cm³/mol. The van der Waals surface area contributed by atoms with E-state index in [9.17, 15) is 0 Å². The summed E-state index contributed by atoms with van der Waals surface area (Å²) in [6.07, 6.45) is 13.1. The first-order chi connectivity index (χ1) is 26.1. The Morgan fingerprint density at radius 2 is 1.49 bits per heavy atom. The van der Waals surface area contributed by atoms with Crippen molar-refractivity contribution >= 4 is 25.8 Å². The summed E-state index contributed by atoms with van der Waals surface area (Å²) < 4.78 is 11.7. The van der Waals surface area contributed by atoms with Crippen LogP contribution in [0.15, 0.2) is 140 Å². The van der Waals surface area contributed by atoms with Crippen LogP contribution in [-0.4, -0.2) is 19.3 Å². The molecule has 5 aromatic carbocycles. The Labute approximate surface area is 321 Å². The van der Waals surface area contributed by atoms with Crippen LogP contribution in [0.4, 0.5) is 0 Å². The molecule has 0 N–H and O–H groups in total. The fraction of sp³-hybridized carbons (Fsp3) is 0.191. The fourth-order valence-electron chi connectivity index (χ4n) is 8.46. The van der Waals surface area contributed by atoms with Crippen LogP contribution in [0.2, 0.25) is 0 Å². The summed E-state index contributed by atoms with van der Waals surface area (Å²) in [6.45, 7) is 4.61. The Morgan fingerprint density at radius 1 is 0.698 bits per heavy atom. The first kappa shape index (κ1) is 33.6. The van der Waals surface area contributed by atoms with Crippen LogP contribution in [0.1, 0.15) is 63.5 Å². The van der Waals surface area contributed by atoms with Crippen LogP contribution in [0.25, 0.3) is 55.6 Å². The van der Waals surface area contributed by atoms with Crippen LogP contribution >= 0.6 is 0 Å². The molecule has 9 rings (SSSR count). The van der Waals surface area contributed by atoms with Gasteiger partial charge in [-0.2, -0.15) is 0 Å². The molecule has 0 amide bonds. The van der Waals surface area contributed by atoms with Gasteiger partial charge in [0.1, 0.15) is 0 Å². The number of rotatable bonds is 11. The quantitative estimate of drug-likeness (QED) is 0.123. The van der Waals surface area contributed by atoms with Gasteiger partial charge in [0.25, 0.3) is 0 Å². The van der Waals surface area contributed by atoms with E-state index in [4.69, 9.17) is 14.8 Å². The van der Waals surface area contributed by atoms with Gasteiger partial charge in [-0.05, 0) is 29.5 Å². The molecular formula is C47H41N4OPd. The Balaban J connectivity index is 1.05. The molecule has 265 valence electrons. The Kier molecular flexibility index (Phi) is 8.82. The van der Waals surface area contributed by atoms with E-state index >= 15 is 0 Å². The van der Waals surface area contributed by atoms with Crippen molar-refractivity contribution in [3.8, 4) is 45.3 Å². The van der Waals surface area contributed by atoms with Gasteiger partial charge in [-0.15, -0.1) is 0 Å². The zero-order chi connectivity index (χ0) is 35.9. The predicted octanol–water partition coefficient (Wildman–Crippen LogP) is 11.6. The Morgan fingerprint density at radius 3 is 2.32 bits per heavy atom. The van der Waals surface area contributed by atoms with Crippen molar-refractivity contribution in [2.45, 2.75) is 57.8 Å². The fourth-order valence-corrected chi connectivity index (χ4v) is 9.06. The van der Waals surface area contributed by atoms with Gasteiger partial charge in [-0.25, -0.2) is 0 Å². The number of hydrogen-bond acceptors (Lipinski definition) is 3. The third kappa shape index (κ3) is 5.73. The maximum absolute atomic E-state index is 6.61. The van der Waals surface area contributed by atoms with E-state index < -0.39 is 0 Å². The molecule has 0 saturated heterocycles. The van der Waals surface area contributed by atoms with Crippen LogP contribution in [0, 0.1) is 0 Å². The topological polar surface area (TPSA) is 44.9 Å². The summed E-state index contributed by atoms with van der Waals surface area (Å²) in [5.41, 5.74) is 11.2. The second-order valence-corrected chi connectivity index (χ2v) is 14.9. The number of para-hydroxylation sites is 1. The van der Waals surface area contributed by atoms with Crippen molar-refractivity contribution in [1.29, 1.82) is 0 Å². The van der Waals surface area contributed by atoms with Crippen molar-refractivity contribution in [2.75, 3.05) is 0 Å². The van der Waals surface area contributed by atoms with Crippen LogP contribution < -0.4 is 8.77 Å². The summed E-state index contributed by atoms with van der Waals surface area (Å²) in [5.74, 6) is 2.34. The van der Waals surface area contributed by atoms with E-state index in [2.05, 4.69) is 123 Å². The normalized spacial score (nSPS) is 13.1. The molecule has 0 unspecified atom stereocenters. The number of ether oxygens (including phenoxy) is 1. The van der Waals surface area contributed by atoms with Gasteiger partial charge in [0, 0.05) is 5.41 Å². The van der Waals surface area contributed by atoms with Crippen molar-refractivity contribution in [2.24, 2.45) is 0 Å². The summed E-state index contributed by atoms with van der Waals surface area (Å²) in [6, 6.07) is 42.9. The molecule has 6 heteroatoms. The standard InChI is InChI=1S/C47H41N4O.Pd/c1-3-5-25-47(26-6-4-2)42-18-9-7-16-38(42)39-23-21-33(28-43(39)47)34-31-49-50(32-34)35-14-13-15-36(29-35)52-37-22-24-41-40-17-8-10-19-44(40)51(45(41)30-37)46-20-11-12-27-48-46;/h7-24,27-29,31-32H,3-6,25-26H2,1-2H3;. The van der Waals surface area contributed by atoms with Crippen LogP contribution in [-0.2, 0) is 24.6 Å². The van der Waals surface area contributed by atoms with E-state index in [1.165, 1.54) is 71.7 Å². The van der Waals surface area contributed by atoms with Crippen LogP contribution in [0.3, 0.4) is 0 Å². The molecule has 5 nitrogen and oxygen atoms in total. The molecule has 1 aliphatic rings. The summed E-state index contributed by atoms with van der Waals surface area (Å²) in [4.78, 5) is 4.70. The molecule has 0 spiro atoms. The number of aromatic nitrogens is 4. The molecule has 8 aromatic rings. The first-order valence-electron chi connectivity index (χ1n) is 18.8. The molecule has 3 heterocycles. The molecule has 0 saturated carbocycles. The van der Waals surface area contributed by atoms with Crippen molar-refractivity contribution in [3.63, 3.8) is 0 Å². The third-order valence-electron chi connectivity index (χ3n) is 11.0. The first-order valence-corrected chi connectivity index (χ1v) is 19.5. The molecule has 0 radical (unpaired) electrons. The van der Waals surface area contributed by atoms with Crippen molar-refractivity contribution in [1.82, 2.24) is 19.3 Å². The molecule has 0 bridgehead atoms. The minimum atomic E-state index is 0.0552. The van der Waals surface area contributed by atoms with Gasteiger partial charge in [-0.3, -0.25) is 0 Å². The van der Waals surface area contributed by atoms with Gasteiger partial charge >= 0.3 is 224 Å². The number of unbranched alkanes of at least 4 members (excludes halogenated alkanes) is 2. The van der Waals surface area contributed by atoms with Crippen LogP contribution in [0.5, 0.6) is 11.5 Å². The van der Waals surface area contributed by atoms with Gasteiger partial charge in [-0.1, -0.05) is 63.8 Å². The van der Waals surface area contributed by atoms with Crippen molar-refractivity contribution < 1.29 is 23.9 Å². The van der Waals surface area contributed by atoms with Gasteiger partial charge in [0.05, 0.1) is 0 Å². The zero-order valence-corrected chi connectivity index (χ0v) is 31.6. The number of hydrogen-bond donors (Lipinski definition) is 0. The molecule has 0 atom stereocenters. The summed E-state index contributed by atoms with van der Waals surface area (Å²) in [5, 5.41) is 7.16. The number of nitrogens with zero attached hydrogens (tertiary/aromatic N) is 4. The monoisotopic (exact) mass is 783 g/mol. The van der Waals surface area contributed by atoms with E-state index in [0.29, 0.717) is 0 Å². The summed E-state index contributed by atoms with van der Waals surface area (Å²) >= 11 is 3.57. The van der Waals surface area contributed by atoms with Gasteiger partial charge in [0.2, 0.25) is 0 Å². The second-order valence-electron chi connectivity index (χ2n) is 14.2. The molecule has 3 aromatic heterocycles. The number of fused-ring (bicyclic) bond motifs is 6.